The van der Waals surface area contributed by atoms with Crippen LogP contribution in [0.4, 0.5) is 0 Å². The fourth-order valence-corrected chi connectivity index (χ4v) is 3.91. The number of piperidine rings is 1. The van der Waals surface area contributed by atoms with E-state index in [1.165, 1.54) is 45.3 Å². The minimum atomic E-state index is -0.270. The smallest absolute Gasteiger partial charge is 0.239 e. The van der Waals surface area contributed by atoms with Crippen molar-refractivity contribution in [2.75, 3.05) is 32.7 Å². The topological polar surface area (TPSA) is 49.6 Å². The quantitative estimate of drug-likeness (QED) is 0.905. The van der Waals surface area contributed by atoms with Gasteiger partial charge >= 0.3 is 0 Å². The van der Waals surface area contributed by atoms with Gasteiger partial charge in [0.15, 0.2) is 0 Å². The van der Waals surface area contributed by atoms with Crippen molar-refractivity contribution in [1.82, 2.24) is 9.80 Å². The van der Waals surface area contributed by atoms with Crippen LogP contribution >= 0.6 is 0 Å². The van der Waals surface area contributed by atoms with Crippen molar-refractivity contribution < 1.29 is 4.79 Å². The van der Waals surface area contributed by atoms with E-state index in [2.05, 4.69) is 9.80 Å². The van der Waals surface area contributed by atoms with Gasteiger partial charge in [0.25, 0.3) is 0 Å². The van der Waals surface area contributed by atoms with E-state index in [0.717, 1.165) is 24.6 Å². The average molecular weight is 301 g/mol. The van der Waals surface area contributed by atoms with Crippen molar-refractivity contribution in [3.63, 3.8) is 0 Å². The van der Waals surface area contributed by atoms with E-state index in [9.17, 15) is 4.79 Å². The van der Waals surface area contributed by atoms with Gasteiger partial charge in [-0.3, -0.25) is 9.69 Å². The Morgan fingerprint density at radius 1 is 1.09 bits per heavy atom. The summed E-state index contributed by atoms with van der Waals surface area (Å²) in [5.74, 6) is 0.544. The second-order valence-electron chi connectivity index (χ2n) is 6.70. The summed E-state index contributed by atoms with van der Waals surface area (Å²) in [5, 5.41) is 0. The molecule has 0 aromatic heterocycles. The summed E-state index contributed by atoms with van der Waals surface area (Å²) < 4.78 is 0. The molecule has 1 aromatic carbocycles. The molecule has 120 valence electrons. The molecule has 1 aromatic rings. The number of nitrogens with two attached hydrogens (primary N) is 1. The van der Waals surface area contributed by atoms with Crippen LogP contribution in [0.15, 0.2) is 30.3 Å². The predicted molar refractivity (Wildman–Crippen MR) is 88.3 cm³/mol. The number of primary amides is 1. The van der Waals surface area contributed by atoms with Crippen LogP contribution in [0.25, 0.3) is 0 Å². The van der Waals surface area contributed by atoms with Crippen LogP contribution in [0.5, 0.6) is 0 Å². The Hall–Kier alpha value is -1.39. The molecule has 2 N–H and O–H groups in total. The van der Waals surface area contributed by atoms with E-state index in [1.54, 1.807) is 0 Å². The van der Waals surface area contributed by atoms with Crippen molar-refractivity contribution in [3.05, 3.63) is 35.9 Å². The van der Waals surface area contributed by atoms with Gasteiger partial charge in [-0.1, -0.05) is 30.3 Å². The zero-order valence-electron chi connectivity index (χ0n) is 13.3. The summed E-state index contributed by atoms with van der Waals surface area (Å²) in [5.41, 5.74) is 6.70. The van der Waals surface area contributed by atoms with Crippen LogP contribution in [0.2, 0.25) is 0 Å². The summed E-state index contributed by atoms with van der Waals surface area (Å²) in [4.78, 5) is 16.8. The van der Waals surface area contributed by atoms with Gasteiger partial charge in [-0.05, 0) is 63.3 Å². The highest BCUT2D eigenvalue weighted by Gasteiger charge is 2.30. The lowest BCUT2D eigenvalue weighted by atomic mass is 9.93. The number of hydrogen-bond acceptors (Lipinski definition) is 3. The lowest BCUT2D eigenvalue weighted by Crippen LogP contribution is -2.44. The summed E-state index contributed by atoms with van der Waals surface area (Å²) >= 11 is 0. The number of benzene rings is 1. The Morgan fingerprint density at radius 3 is 2.32 bits per heavy atom. The van der Waals surface area contributed by atoms with E-state index in [4.69, 9.17) is 5.73 Å². The second-order valence-corrected chi connectivity index (χ2v) is 6.70. The maximum Gasteiger partial charge on any atom is 0.239 e. The normalized spacial score (nSPS) is 22.7. The molecule has 3 rings (SSSR count). The van der Waals surface area contributed by atoms with Crippen LogP contribution in [-0.2, 0) is 4.79 Å². The molecule has 2 heterocycles. The number of carbonyl (C=O) groups is 1. The average Bonchev–Trinajstić information content (AvgIpc) is 3.03. The Morgan fingerprint density at radius 2 is 1.73 bits per heavy atom. The molecule has 0 bridgehead atoms. The Labute approximate surface area is 133 Å². The first-order valence-corrected chi connectivity index (χ1v) is 8.54. The van der Waals surface area contributed by atoms with Crippen LogP contribution in [-0.4, -0.2) is 48.4 Å². The van der Waals surface area contributed by atoms with E-state index in [0.29, 0.717) is 0 Å². The van der Waals surface area contributed by atoms with Crippen LogP contribution in [0.3, 0.4) is 0 Å². The van der Waals surface area contributed by atoms with Gasteiger partial charge in [0, 0.05) is 6.54 Å². The van der Waals surface area contributed by atoms with Crippen LogP contribution in [0.1, 0.15) is 37.3 Å². The van der Waals surface area contributed by atoms with Crippen molar-refractivity contribution in [3.8, 4) is 0 Å². The van der Waals surface area contributed by atoms with Crippen molar-refractivity contribution >= 4 is 5.91 Å². The number of rotatable bonds is 5. The minimum absolute atomic E-state index is 0.232. The standard InChI is InChI=1S/C18H27N3O/c19-18(22)17(16-6-2-1-3-7-16)21-12-8-15(9-13-21)14-20-10-4-5-11-20/h1-3,6-7,15,17H,4-5,8-14H2,(H2,19,22)/t17-/m1/s1. The molecule has 2 saturated heterocycles. The SMILES string of the molecule is NC(=O)[C@@H](c1ccccc1)N1CCC(CN2CCCC2)CC1. The largest absolute Gasteiger partial charge is 0.368 e. The predicted octanol–water partition coefficient (Wildman–Crippen LogP) is 2.02. The molecule has 1 atom stereocenters. The van der Waals surface area contributed by atoms with Gasteiger partial charge in [-0.2, -0.15) is 0 Å². The lowest BCUT2D eigenvalue weighted by Gasteiger charge is -2.37. The van der Waals surface area contributed by atoms with Gasteiger partial charge < -0.3 is 10.6 Å². The fraction of sp³-hybridized carbons (Fsp3) is 0.611. The number of carbonyl (C=O) groups excluding carboxylic acids is 1. The van der Waals surface area contributed by atoms with E-state index in [-0.39, 0.29) is 11.9 Å². The van der Waals surface area contributed by atoms with E-state index in [1.807, 2.05) is 30.3 Å². The minimum Gasteiger partial charge on any atom is -0.368 e. The summed E-state index contributed by atoms with van der Waals surface area (Å²) in [6.07, 6.45) is 5.06. The Bertz CT molecular complexity index is 476. The molecular weight excluding hydrogens is 274 g/mol. The first kappa shape index (κ1) is 15.5. The summed E-state index contributed by atoms with van der Waals surface area (Å²) in [7, 11) is 0. The molecule has 4 nitrogen and oxygen atoms in total. The zero-order valence-corrected chi connectivity index (χ0v) is 13.3. The highest BCUT2D eigenvalue weighted by Crippen LogP contribution is 2.27. The molecule has 1 amide bonds. The van der Waals surface area contributed by atoms with Crippen molar-refractivity contribution in [1.29, 1.82) is 0 Å². The molecule has 22 heavy (non-hydrogen) atoms. The zero-order chi connectivity index (χ0) is 15.4. The number of nitrogens with zero attached hydrogens (tertiary/aromatic N) is 2. The molecule has 4 heteroatoms. The highest BCUT2D eigenvalue weighted by molar-refractivity contribution is 5.81. The molecule has 0 saturated carbocycles. The Balaban J connectivity index is 1.57. The van der Waals surface area contributed by atoms with E-state index < -0.39 is 0 Å². The molecule has 2 aliphatic rings. The third-order valence-electron chi connectivity index (χ3n) is 5.11. The molecule has 2 aliphatic heterocycles. The number of amides is 1. The lowest BCUT2D eigenvalue weighted by molar-refractivity contribution is -0.124. The molecule has 0 aliphatic carbocycles. The van der Waals surface area contributed by atoms with Crippen LogP contribution in [0, 0.1) is 5.92 Å². The first-order valence-electron chi connectivity index (χ1n) is 8.54. The van der Waals surface area contributed by atoms with Crippen LogP contribution < -0.4 is 5.73 Å². The van der Waals surface area contributed by atoms with Gasteiger partial charge in [-0.25, -0.2) is 0 Å². The highest BCUT2D eigenvalue weighted by atomic mass is 16.1. The molecule has 2 fully saturated rings. The maximum absolute atomic E-state index is 11.9. The molecule has 0 unspecified atom stereocenters. The number of hydrogen-bond donors (Lipinski definition) is 1. The molecule has 0 spiro atoms. The van der Waals surface area contributed by atoms with Gasteiger partial charge in [0.05, 0.1) is 0 Å². The Kier molecular flexibility index (Phi) is 5.11. The third-order valence-corrected chi connectivity index (χ3v) is 5.11. The second kappa shape index (κ2) is 7.25. The molecular formula is C18H27N3O. The van der Waals surface area contributed by atoms with Crippen molar-refractivity contribution in [2.45, 2.75) is 31.7 Å². The third kappa shape index (κ3) is 3.68. The number of likely N-dealkylation sites (tertiary alicyclic amines) is 2. The van der Waals surface area contributed by atoms with E-state index >= 15 is 0 Å². The maximum atomic E-state index is 11.9. The molecule has 0 radical (unpaired) electrons. The van der Waals surface area contributed by atoms with Gasteiger partial charge in [0.1, 0.15) is 6.04 Å². The fourth-order valence-electron chi connectivity index (χ4n) is 3.91. The van der Waals surface area contributed by atoms with Crippen molar-refractivity contribution in [2.24, 2.45) is 11.7 Å². The first-order chi connectivity index (χ1) is 10.7. The summed E-state index contributed by atoms with van der Waals surface area (Å²) in [6.45, 7) is 5.73. The van der Waals surface area contributed by atoms with Gasteiger partial charge in [0.2, 0.25) is 5.91 Å². The monoisotopic (exact) mass is 301 g/mol. The summed E-state index contributed by atoms with van der Waals surface area (Å²) in [6, 6.07) is 9.67. The van der Waals surface area contributed by atoms with Gasteiger partial charge in [-0.15, -0.1) is 0 Å².